The van der Waals surface area contributed by atoms with E-state index in [1.54, 1.807) is 11.8 Å². The minimum atomic E-state index is -4.45. The van der Waals surface area contributed by atoms with Gasteiger partial charge in [0.05, 0.1) is 5.56 Å². The summed E-state index contributed by atoms with van der Waals surface area (Å²) in [5.41, 5.74) is 4.99. The zero-order chi connectivity index (χ0) is 14.6. The van der Waals surface area contributed by atoms with Gasteiger partial charge in [-0.1, -0.05) is 19.1 Å². The number of rotatable bonds is 5. The third kappa shape index (κ3) is 4.58. The van der Waals surface area contributed by atoms with Crippen LogP contribution in [0.15, 0.2) is 18.2 Å². The van der Waals surface area contributed by atoms with E-state index >= 15 is 0 Å². The van der Waals surface area contributed by atoms with Crippen LogP contribution in [0.5, 0.6) is 0 Å². The van der Waals surface area contributed by atoms with Crippen LogP contribution < -0.4 is 11.1 Å². The van der Waals surface area contributed by atoms with Gasteiger partial charge in [-0.3, -0.25) is 0 Å². The minimum Gasteiger partial charge on any atom is -0.389 e. The smallest absolute Gasteiger partial charge is 0.389 e. The molecular weight excluding hydrogens is 293 g/mol. The Balaban J connectivity index is 3.00. The topological polar surface area (TPSA) is 38.0 Å². The molecule has 7 heteroatoms. The first-order valence-electron chi connectivity index (χ1n) is 5.53. The molecule has 0 bridgehead atoms. The molecule has 0 aromatic heterocycles. The van der Waals surface area contributed by atoms with Crippen molar-refractivity contribution >= 4 is 34.7 Å². The lowest BCUT2D eigenvalue weighted by Gasteiger charge is -2.15. The van der Waals surface area contributed by atoms with Gasteiger partial charge < -0.3 is 11.1 Å². The van der Waals surface area contributed by atoms with Crippen molar-refractivity contribution in [1.82, 2.24) is 0 Å². The second kappa shape index (κ2) is 6.47. The Labute approximate surface area is 119 Å². The Morgan fingerprint density at radius 3 is 2.58 bits per heavy atom. The maximum atomic E-state index is 12.8. The molecule has 0 amide bonds. The van der Waals surface area contributed by atoms with Crippen LogP contribution in [0.2, 0.25) is 0 Å². The lowest BCUT2D eigenvalue weighted by molar-refractivity contribution is -0.137. The molecule has 0 aliphatic rings. The van der Waals surface area contributed by atoms with E-state index in [0.29, 0.717) is 17.5 Å². The van der Waals surface area contributed by atoms with Crippen LogP contribution >= 0.6 is 24.0 Å². The van der Waals surface area contributed by atoms with Crippen molar-refractivity contribution in [3.63, 3.8) is 0 Å². The molecule has 0 fully saturated rings. The van der Waals surface area contributed by atoms with Gasteiger partial charge in [0.25, 0.3) is 0 Å². The minimum absolute atomic E-state index is 0.149. The number of benzene rings is 1. The van der Waals surface area contributed by atoms with Gasteiger partial charge in [0, 0.05) is 23.0 Å². The zero-order valence-corrected chi connectivity index (χ0v) is 12.2. The normalized spacial score (nSPS) is 13.1. The Morgan fingerprint density at radius 1 is 1.47 bits per heavy atom. The van der Waals surface area contributed by atoms with Crippen LogP contribution in [0, 0.1) is 0 Å². The number of nitrogens with two attached hydrogens (primary N) is 1. The van der Waals surface area contributed by atoms with Gasteiger partial charge in [-0.15, -0.1) is 0 Å². The summed E-state index contributed by atoms with van der Waals surface area (Å²) < 4.78 is 38.3. The van der Waals surface area contributed by atoms with Crippen molar-refractivity contribution in [2.24, 2.45) is 5.73 Å². The van der Waals surface area contributed by atoms with Gasteiger partial charge in [0.15, 0.2) is 0 Å². The molecule has 0 heterocycles. The summed E-state index contributed by atoms with van der Waals surface area (Å²) in [5, 5.41) is 3.42. The lowest BCUT2D eigenvalue weighted by Crippen LogP contribution is -2.19. The molecule has 106 valence electrons. The zero-order valence-electron chi connectivity index (χ0n) is 10.5. The largest absolute Gasteiger partial charge is 0.417 e. The fraction of sp³-hybridized carbons (Fsp3) is 0.417. The molecule has 1 aromatic rings. The molecule has 1 rings (SSSR count). The van der Waals surface area contributed by atoms with Gasteiger partial charge in [-0.2, -0.15) is 24.9 Å². The van der Waals surface area contributed by atoms with Crippen molar-refractivity contribution in [2.45, 2.75) is 18.3 Å². The first-order valence-corrected chi connectivity index (χ1v) is 7.23. The summed E-state index contributed by atoms with van der Waals surface area (Å²) in [6, 6.07) is 3.73. The predicted octanol–water partition coefficient (Wildman–Crippen LogP) is 3.50. The summed E-state index contributed by atoms with van der Waals surface area (Å²) >= 11 is 6.35. The highest BCUT2D eigenvalue weighted by atomic mass is 32.2. The standard InChI is InChI=1S/C12H15F3N2S2/c1-7(19-2)6-17-8-3-4-10(12(13,14)15)9(5-8)11(16)18/h3-5,7,17H,6H2,1-2H3,(H2,16,18). The van der Waals surface area contributed by atoms with Crippen molar-refractivity contribution < 1.29 is 13.2 Å². The molecule has 1 atom stereocenters. The highest BCUT2D eigenvalue weighted by Gasteiger charge is 2.34. The second-order valence-corrected chi connectivity index (χ2v) is 5.77. The van der Waals surface area contributed by atoms with Crippen LogP contribution in [0.4, 0.5) is 18.9 Å². The number of thioether (sulfide) groups is 1. The number of hydrogen-bond donors (Lipinski definition) is 2. The predicted molar refractivity (Wildman–Crippen MR) is 78.8 cm³/mol. The fourth-order valence-electron chi connectivity index (χ4n) is 1.45. The Kier molecular flexibility index (Phi) is 5.49. The van der Waals surface area contributed by atoms with Crippen LogP contribution in [-0.2, 0) is 6.18 Å². The first-order chi connectivity index (χ1) is 8.75. The monoisotopic (exact) mass is 308 g/mol. The summed E-state index contributed by atoms with van der Waals surface area (Å²) in [6.45, 7) is 2.68. The quantitative estimate of drug-likeness (QED) is 0.817. The summed E-state index contributed by atoms with van der Waals surface area (Å²) in [6.07, 6.45) is -2.48. The number of hydrogen-bond acceptors (Lipinski definition) is 3. The van der Waals surface area contributed by atoms with E-state index in [1.165, 1.54) is 12.1 Å². The van der Waals surface area contributed by atoms with Gasteiger partial charge in [-0.25, -0.2) is 0 Å². The molecule has 1 aromatic carbocycles. The molecule has 0 saturated heterocycles. The summed E-state index contributed by atoms with van der Waals surface area (Å²) in [5.74, 6) is 0. The molecule has 2 nitrogen and oxygen atoms in total. The summed E-state index contributed by atoms with van der Waals surface area (Å²) in [7, 11) is 0. The Bertz CT molecular complexity index is 461. The van der Waals surface area contributed by atoms with Crippen LogP contribution in [-0.4, -0.2) is 23.0 Å². The molecule has 19 heavy (non-hydrogen) atoms. The molecule has 3 N–H and O–H groups in total. The number of thiocarbonyl (C=S) groups is 1. The van der Waals surface area contributed by atoms with Gasteiger partial charge >= 0.3 is 6.18 Å². The molecule has 0 spiro atoms. The van der Waals surface area contributed by atoms with E-state index in [0.717, 1.165) is 6.07 Å². The molecule has 0 saturated carbocycles. The number of nitrogens with one attached hydrogen (secondary N) is 1. The lowest BCUT2D eigenvalue weighted by atomic mass is 10.1. The van der Waals surface area contributed by atoms with Crippen molar-refractivity contribution in [3.05, 3.63) is 29.3 Å². The van der Waals surface area contributed by atoms with Crippen LogP contribution in [0.3, 0.4) is 0 Å². The third-order valence-corrected chi connectivity index (χ3v) is 3.78. The van der Waals surface area contributed by atoms with Crippen molar-refractivity contribution in [2.75, 3.05) is 18.1 Å². The maximum absolute atomic E-state index is 12.8. The second-order valence-electron chi connectivity index (χ2n) is 4.05. The van der Waals surface area contributed by atoms with Gasteiger partial charge in [0.1, 0.15) is 4.99 Å². The number of halogens is 3. The van der Waals surface area contributed by atoms with Crippen LogP contribution in [0.1, 0.15) is 18.1 Å². The highest BCUT2D eigenvalue weighted by molar-refractivity contribution is 7.99. The van der Waals surface area contributed by atoms with Gasteiger partial charge in [0.2, 0.25) is 0 Å². The van der Waals surface area contributed by atoms with E-state index in [9.17, 15) is 13.2 Å². The molecule has 0 radical (unpaired) electrons. The molecule has 1 unspecified atom stereocenters. The van der Waals surface area contributed by atoms with E-state index < -0.39 is 11.7 Å². The fourth-order valence-corrected chi connectivity index (χ4v) is 1.87. The third-order valence-electron chi connectivity index (χ3n) is 2.59. The Morgan fingerprint density at radius 2 is 2.11 bits per heavy atom. The summed E-state index contributed by atoms with van der Waals surface area (Å²) in [4.78, 5) is -0.256. The molecule has 0 aliphatic carbocycles. The maximum Gasteiger partial charge on any atom is 0.417 e. The van der Waals surface area contributed by atoms with Crippen molar-refractivity contribution in [3.8, 4) is 0 Å². The number of anilines is 1. The number of alkyl halides is 3. The van der Waals surface area contributed by atoms with E-state index in [2.05, 4.69) is 17.5 Å². The van der Waals surface area contributed by atoms with Crippen LogP contribution in [0.25, 0.3) is 0 Å². The van der Waals surface area contributed by atoms with E-state index in [-0.39, 0.29) is 10.6 Å². The Hall–Kier alpha value is -0.950. The van der Waals surface area contributed by atoms with E-state index in [4.69, 9.17) is 5.73 Å². The SMILES string of the molecule is CSC(C)CNc1ccc(C(F)(F)F)c(C(N)=S)c1. The average molecular weight is 308 g/mol. The molecular formula is C12H15F3N2S2. The van der Waals surface area contributed by atoms with Gasteiger partial charge in [-0.05, 0) is 24.5 Å². The molecule has 0 aliphatic heterocycles. The highest BCUT2D eigenvalue weighted by Crippen LogP contribution is 2.33. The average Bonchev–Trinajstić information content (AvgIpc) is 2.34. The van der Waals surface area contributed by atoms with Crippen molar-refractivity contribution in [1.29, 1.82) is 0 Å². The van der Waals surface area contributed by atoms with E-state index in [1.807, 2.05) is 13.2 Å². The first kappa shape index (κ1) is 16.1.